The van der Waals surface area contributed by atoms with Gasteiger partial charge in [-0.3, -0.25) is 4.79 Å². The molecule has 25 heavy (non-hydrogen) atoms. The normalized spacial score (nSPS) is 19.5. The summed E-state index contributed by atoms with van der Waals surface area (Å²) in [6.07, 6.45) is -3.83. The van der Waals surface area contributed by atoms with Crippen molar-refractivity contribution in [2.24, 2.45) is 11.8 Å². The van der Waals surface area contributed by atoms with Gasteiger partial charge in [-0.05, 0) is 42.3 Å². The van der Waals surface area contributed by atoms with Crippen molar-refractivity contribution in [1.29, 1.82) is 0 Å². The Kier molecular flexibility index (Phi) is 4.64. The zero-order valence-corrected chi connectivity index (χ0v) is 13.6. The van der Waals surface area contributed by atoms with Gasteiger partial charge in [-0.1, -0.05) is 23.7 Å². The molecule has 0 aromatic heterocycles. The molecule has 0 aliphatic heterocycles. The Labute approximate surface area is 147 Å². The number of ether oxygens (including phenoxy) is 1. The third-order valence-electron chi connectivity index (χ3n) is 4.16. The second kappa shape index (κ2) is 6.59. The molecule has 132 valence electrons. The van der Waals surface area contributed by atoms with Crippen molar-refractivity contribution in [1.82, 2.24) is 0 Å². The largest absolute Gasteiger partial charge is 0.493 e. The average Bonchev–Trinajstić information content (AvgIpc) is 3.33. The summed E-state index contributed by atoms with van der Waals surface area (Å²) in [5.41, 5.74) is 0.0649. The van der Waals surface area contributed by atoms with E-state index in [4.69, 9.17) is 21.4 Å². The van der Waals surface area contributed by atoms with Gasteiger partial charge >= 0.3 is 12.1 Å². The molecule has 7 heteroatoms. The number of benzene rings is 2. The van der Waals surface area contributed by atoms with Crippen molar-refractivity contribution in [2.45, 2.75) is 12.6 Å². The molecule has 1 N–H and O–H groups in total. The number of carboxylic acids is 1. The molecule has 2 unspecified atom stereocenters. The van der Waals surface area contributed by atoms with Gasteiger partial charge in [0.1, 0.15) is 5.75 Å². The molecule has 2 aromatic rings. The van der Waals surface area contributed by atoms with Crippen LogP contribution in [0.5, 0.6) is 5.75 Å². The van der Waals surface area contributed by atoms with Crippen molar-refractivity contribution in [3.8, 4) is 16.9 Å². The van der Waals surface area contributed by atoms with Crippen LogP contribution in [0.15, 0.2) is 42.5 Å². The quantitative estimate of drug-likeness (QED) is 0.794. The Morgan fingerprint density at radius 3 is 2.44 bits per heavy atom. The second-order valence-electron chi connectivity index (χ2n) is 5.97. The minimum absolute atomic E-state index is 0.00934. The first-order chi connectivity index (χ1) is 11.8. The molecule has 3 rings (SSSR count). The Balaban J connectivity index is 1.71. The Hall–Kier alpha value is -2.21. The van der Waals surface area contributed by atoms with E-state index >= 15 is 0 Å². The maximum Gasteiger partial charge on any atom is 0.416 e. The topological polar surface area (TPSA) is 46.5 Å². The van der Waals surface area contributed by atoms with E-state index in [9.17, 15) is 18.0 Å². The third kappa shape index (κ3) is 4.07. The van der Waals surface area contributed by atoms with Crippen LogP contribution in [0.2, 0.25) is 5.02 Å². The summed E-state index contributed by atoms with van der Waals surface area (Å²) in [5.74, 6) is -0.621. The first kappa shape index (κ1) is 17.6. The van der Waals surface area contributed by atoms with E-state index in [0.29, 0.717) is 24.3 Å². The van der Waals surface area contributed by atoms with Gasteiger partial charge in [-0.25, -0.2) is 0 Å². The highest BCUT2D eigenvalue weighted by molar-refractivity contribution is 6.33. The highest BCUT2D eigenvalue weighted by Crippen LogP contribution is 2.39. The Morgan fingerprint density at radius 1 is 1.20 bits per heavy atom. The first-order valence-corrected chi connectivity index (χ1v) is 7.96. The fraction of sp³-hybridized carbons (Fsp3) is 0.278. The standard InChI is InChI=1S/C18H14ClF3O3/c19-16-6-3-12(18(20,21)22)8-14(16)10-1-4-13(5-2-10)25-9-11-7-15(11)17(23)24/h1-6,8,11,15H,7,9H2,(H,23,24). The predicted molar refractivity (Wildman–Crippen MR) is 86.6 cm³/mol. The number of aliphatic carboxylic acids is 1. The highest BCUT2D eigenvalue weighted by atomic mass is 35.5. The molecular weight excluding hydrogens is 357 g/mol. The summed E-state index contributed by atoms with van der Waals surface area (Å²) in [4.78, 5) is 10.8. The van der Waals surface area contributed by atoms with Crippen LogP contribution in [0.1, 0.15) is 12.0 Å². The summed E-state index contributed by atoms with van der Waals surface area (Å²) in [6.45, 7) is 0.306. The van der Waals surface area contributed by atoms with Gasteiger partial charge in [0.25, 0.3) is 0 Å². The number of halogens is 4. The van der Waals surface area contributed by atoms with Gasteiger partial charge in [0.05, 0.1) is 18.1 Å². The molecule has 0 heterocycles. The number of carboxylic acid groups (broad SMARTS) is 1. The van der Waals surface area contributed by atoms with E-state index < -0.39 is 17.7 Å². The zero-order valence-electron chi connectivity index (χ0n) is 12.9. The van der Waals surface area contributed by atoms with Crippen LogP contribution in [-0.2, 0) is 11.0 Å². The fourth-order valence-electron chi connectivity index (χ4n) is 2.59. The lowest BCUT2D eigenvalue weighted by molar-refractivity contribution is -0.139. The lowest BCUT2D eigenvalue weighted by atomic mass is 10.0. The molecule has 1 aliphatic carbocycles. The molecule has 0 saturated heterocycles. The first-order valence-electron chi connectivity index (χ1n) is 7.58. The smallest absolute Gasteiger partial charge is 0.416 e. The number of hydrogen-bond acceptors (Lipinski definition) is 2. The molecule has 2 aromatic carbocycles. The van der Waals surface area contributed by atoms with Crippen LogP contribution in [-0.4, -0.2) is 17.7 Å². The molecule has 0 amide bonds. The number of rotatable bonds is 5. The molecular formula is C18H14ClF3O3. The van der Waals surface area contributed by atoms with Crippen LogP contribution in [0.4, 0.5) is 13.2 Å². The molecule has 3 nitrogen and oxygen atoms in total. The van der Waals surface area contributed by atoms with Crippen molar-refractivity contribution in [3.05, 3.63) is 53.1 Å². The summed E-state index contributed by atoms with van der Waals surface area (Å²) in [6, 6.07) is 9.69. The SMILES string of the molecule is O=C(O)C1CC1COc1ccc(-c2cc(C(F)(F)F)ccc2Cl)cc1. The number of carbonyl (C=O) groups is 1. The lowest BCUT2D eigenvalue weighted by Crippen LogP contribution is -2.06. The van der Waals surface area contributed by atoms with Crippen LogP contribution in [0.25, 0.3) is 11.1 Å². The highest BCUT2D eigenvalue weighted by Gasteiger charge is 2.43. The van der Waals surface area contributed by atoms with Gasteiger partial charge in [0.2, 0.25) is 0 Å². The monoisotopic (exact) mass is 370 g/mol. The second-order valence-corrected chi connectivity index (χ2v) is 6.38. The fourth-order valence-corrected chi connectivity index (χ4v) is 2.82. The van der Waals surface area contributed by atoms with Crippen LogP contribution < -0.4 is 4.74 Å². The van der Waals surface area contributed by atoms with Gasteiger partial charge in [-0.2, -0.15) is 13.2 Å². The summed E-state index contributed by atoms with van der Waals surface area (Å²) >= 11 is 6.02. The zero-order chi connectivity index (χ0) is 18.2. The van der Waals surface area contributed by atoms with Gasteiger partial charge in [-0.15, -0.1) is 0 Å². The summed E-state index contributed by atoms with van der Waals surface area (Å²) in [7, 11) is 0. The van der Waals surface area contributed by atoms with Crippen molar-refractivity contribution >= 4 is 17.6 Å². The predicted octanol–water partition coefficient (Wildman–Crippen LogP) is 5.13. The van der Waals surface area contributed by atoms with E-state index in [1.807, 2.05) is 0 Å². The van der Waals surface area contributed by atoms with E-state index in [0.717, 1.165) is 12.1 Å². The minimum atomic E-state index is -4.44. The van der Waals surface area contributed by atoms with Crippen molar-refractivity contribution < 1.29 is 27.8 Å². The maximum absolute atomic E-state index is 12.8. The average molecular weight is 371 g/mol. The summed E-state index contributed by atoms with van der Waals surface area (Å²) < 4.78 is 44.1. The molecule has 1 saturated carbocycles. The number of alkyl halides is 3. The minimum Gasteiger partial charge on any atom is -0.493 e. The van der Waals surface area contributed by atoms with Crippen LogP contribution in [0, 0.1) is 11.8 Å². The van der Waals surface area contributed by atoms with Gasteiger partial charge in [0.15, 0.2) is 0 Å². The Bertz CT molecular complexity index is 787. The number of hydrogen-bond donors (Lipinski definition) is 1. The molecule has 1 fully saturated rings. The summed E-state index contributed by atoms with van der Waals surface area (Å²) in [5, 5.41) is 9.07. The molecule has 1 aliphatic rings. The van der Waals surface area contributed by atoms with E-state index in [2.05, 4.69) is 0 Å². The maximum atomic E-state index is 12.8. The molecule has 2 atom stereocenters. The Morgan fingerprint density at radius 2 is 1.88 bits per heavy atom. The molecule has 0 radical (unpaired) electrons. The van der Waals surface area contributed by atoms with Crippen molar-refractivity contribution in [2.75, 3.05) is 6.61 Å². The van der Waals surface area contributed by atoms with E-state index in [-0.39, 0.29) is 22.4 Å². The van der Waals surface area contributed by atoms with E-state index in [1.165, 1.54) is 6.07 Å². The molecule has 0 bridgehead atoms. The van der Waals surface area contributed by atoms with Gasteiger partial charge in [0, 0.05) is 16.5 Å². The van der Waals surface area contributed by atoms with Gasteiger partial charge < -0.3 is 9.84 Å². The third-order valence-corrected chi connectivity index (χ3v) is 4.49. The van der Waals surface area contributed by atoms with Crippen LogP contribution in [0.3, 0.4) is 0 Å². The lowest BCUT2D eigenvalue weighted by Gasteiger charge is -2.11. The molecule has 0 spiro atoms. The van der Waals surface area contributed by atoms with Crippen molar-refractivity contribution in [3.63, 3.8) is 0 Å². The van der Waals surface area contributed by atoms with E-state index in [1.54, 1.807) is 24.3 Å². The van der Waals surface area contributed by atoms with Crippen LogP contribution >= 0.6 is 11.6 Å².